The Morgan fingerprint density at radius 1 is 1.15 bits per heavy atom. The van der Waals surface area contributed by atoms with Crippen LogP contribution in [0.4, 0.5) is 11.4 Å². The molecular formula is C18H19BrN2O5S. The number of sulfonamides is 1. The zero-order valence-corrected chi connectivity index (χ0v) is 17.0. The molecule has 144 valence electrons. The molecule has 0 bridgehead atoms. The molecule has 0 atom stereocenters. The summed E-state index contributed by atoms with van der Waals surface area (Å²) in [7, 11) is -3.65. The normalized spacial score (nSPS) is 13.6. The van der Waals surface area contributed by atoms with Crippen molar-refractivity contribution < 1.29 is 22.7 Å². The minimum atomic E-state index is -3.65. The van der Waals surface area contributed by atoms with E-state index in [0.29, 0.717) is 40.6 Å². The van der Waals surface area contributed by atoms with Crippen LogP contribution < -0.4 is 19.1 Å². The van der Waals surface area contributed by atoms with E-state index in [-0.39, 0.29) is 6.54 Å². The molecule has 1 heterocycles. The lowest BCUT2D eigenvalue weighted by Crippen LogP contribution is -2.37. The number of hydrogen-bond donors (Lipinski definition) is 1. The summed E-state index contributed by atoms with van der Waals surface area (Å²) in [5, 5.41) is 2.71. The van der Waals surface area contributed by atoms with Crippen molar-refractivity contribution in [3.63, 3.8) is 0 Å². The number of benzene rings is 2. The van der Waals surface area contributed by atoms with Gasteiger partial charge in [-0.15, -0.1) is 0 Å². The summed E-state index contributed by atoms with van der Waals surface area (Å²) >= 11 is 3.33. The van der Waals surface area contributed by atoms with Crippen molar-refractivity contribution in [3.05, 3.63) is 46.9 Å². The van der Waals surface area contributed by atoms with Crippen LogP contribution in [0.15, 0.2) is 46.9 Å². The molecule has 0 saturated carbocycles. The van der Waals surface area contributed by atoms with Crippen LogP contribution in [0.5, 0.6) is 11.5 Å². The predicted octanol–water partition coefficient (Wildman–Crippen LogP) is 3.02. The second-order valence-corrected chi connectivity index (χ2v) is 8.74. The van der Waals surface area contributed by atoms with E-state index in [0.717, 1.165) is 17.0 Å². The highest BCUT2D eigenvalue weighted by Crippen LogP contribution is 2.32. The Morgan fingerprint density at radius 3 is 2.56 bits per heavy atom. The van der Waals surface area contributed by atoms with Gasteiger partial charge in [-0.2, -0.15) is 0 Å². The monoisotopic (exact) mass is 454 g/mol. The molecule has 1 amide bonds. The van der Waals surface area contributed by atoms with Crippen molar-refractivity contribution in [1.29, 1.82) is 0 Å². The standard InChI is InChI=1S/C18H19BrN2O5S/c1-27(23,24)21(15-6-3-2-5-14(15)19)12-18(22)20-13-7-8-16-17(11-13)26-10-4-9-25-16/h2-3,5-8,11H,4,9-10,12H2,1H3,(H,20,22). The molecule has 0 aliphatic carbocycles. The van der Waals surface area contributed by atoms with Crippen molar-refractivity contribution in [2.75, 3.05) is 35.6 Å². The highest BCUT2D eigenvalue weighted by molar-refractivity contribution is 9.10. The van der Waals surface area contributed by atoms with E-state index >= 15 is 0 Å². The molecule has 0 fully saturated rings. The van der Waals surface area contributed by atoms with E-state index in [1.807, 2.05) is 0 Å². The maximum Gasteiger partial charge on any atom is 0.245 e. The number of carbonyl (C=O) groups is 1. The fourth-order valence-electron chi connectivity index (χ4n) is 2.61. The number of rotatable bonds is 5. The molecule has 2 aromatic rings. The lowest BCUT2D eigenvalue weighted by Gasteiger charge is -2.23. The van der Waals surface area contributed by atoms with Gasteiger partial charge in [0.2, 0.25) is 15.9 Å². The van der Waals surface area contributed by atoms with Gasteiger partial charge in [-0.1, -0.05) is 12.1 Å². The predicted molar refractivity (Wildman–Crippen MR) is 107 cm³/mol. The lowest BCUT2D eigenvalue weighted by atomic mass is 10.2. The Bertz CT molecular complexity index is 949. The first kappa shape index (κ1) is 19.5. The molecule has 0 unspecified atom stereocenters. The SMILES string of the molecule is CS(=O)(=O)N(CC(=O)Nc1ccc2c(c1)OCCCO2)c1ccccc1Br. The Morgan fingerprint density at radius 2 is 1.85 bits per heavy atom. The first-order chi connectivity index (χ1) is 12.8. The average molecular weight is 455 g/mol. The zero-order chi connectivity index (χ0) is 19.4. The highest BCUT2D eigenvalue weighted by atomic mass is 79.9. The summed E-state index contributed by atoms with van der Waals surface area (Å²) in [4.78, 5) is 12.5. The van der Waals surface area contributed by atoms with Gasteiger partial charge in [-0.3, -0.25) is 9.10 Å². The van der Waals surface area contributed by atoms with Crippen LogP contribution in [0.1, 0.15) is 6.42 Å². The molecule has 2 aromatic carbocycles. The molecular weight excluding hydrogens is 436 g/mol. The topological polar surface area (TPSA) is 84.9 Å². The smallest absolute Gasteiger partial charge is 0.245 e. The Kier molecular flexibility index (Phi) is 5.91. The number of nitrogens with zero attached hydrogens (tertiary/aromatic N) is 1. The number of hydrogen-bond acceptors (Lipinski definition) is 5. The maximum absolute atomic E-state index is 12.5. The molecule has 1 aliphatic heterocycles. The number of nitrogens with one attached hydrogen (secondary N) is 1. The summed E-state index contributed by atoms with van der Waals surface area (Å²) in [6.07, 6.45) is 1.85. The van der Waals surface area contributed by atoms with Crippen LogP contribution in [0.3, 0.4) is 0 Å². The van der Waals surface area contributed by atoms with Gasteiger partial charge in [0.05, 0.1) is 25.2 Å². The molecule has 0 spiro atoms. The highest BCUT2D eigenvalue weighted by Gasteiger charge is 2.23. The first-order valence-electron chi connectivity index (χ1n) is 8.26. The van der Waals surface area contributed by atoms with Crippen molar-refractivity contribution in [2.24, 2.45) is 0 Å². The average Bonchev–Trinajstić information content (AvgIpc) is 2.84. The number of carbonyl (C=O) groups excluding carboxylic acids is 1. The fraction of sp³-hybridized carbons (Fsp3) is 0.278. The van der Waals surface area contributed by atoms with Gasteiger partial charge < -0.3 is 14.8 Å². The summed E-state index contributed by atoms with van der Waals surface area (Å²) in [5.41, 5.74) is 0.902. The number of para-hydroxylation sites is 1. The molecule has 0 radical (unpaired) electrons. The molecule has 7 nitrogen and oxygen atoms in total. The van der Waals surface area contributed by atoms with Crippen LogP contribution in [-0.4, -0.2) is 40.3 Å². The van der Waals surface area contributed by atoms with E-state index in [9.17, 15) is 13.2 Å². The maximum atomic E-state index is 12.5. The quantitative estimate of drug-likeness (QED) is 0.750. The lowest BCUT2D eigenvalue weighted by molar-refractivity contribution is -0.114. The van der Waals surface area contributed by atoms with Crippen LogP contribution in [0.25, 0.3) is 0 Å². The Balaban J connectivity index is 1.77. The summed E-state index contributed by atoms with van der Waals surface area (Å²) in [6, 6.07) is 11.9. The van der Waals surface area contributed by atoms with E-state index < -0.39 is 15.9 Å². The molecule has 27 heavy (non-hydrogen) atoms. The van der Waals surface area contributed by atoms with E-state index in [2.05, 4.69) is 21.2 Å². The number of fused-ring (bicyclic) bond motifs is 1. The van der Waals surface area contributed by atoms with Gasteiger partial charge in [0.1, 0.15) is 6.54 Å². The summed E-state index contributed by atoms with van der Waals surface area (Å²) in [6.45, 7) is 0.762. The summed E-state index contributed by atoms with van der Waals surface area (Å²) < 4.78 is 37.2. The minimum Gasteiger partial charge on any atom is -0.490 e. The molecule has 9 heteroatoms. The minimum absolute atomic E-state index is 0.351. The van der Waals surface area contributed by atoms with Crippen LogP contribution >= 0.6 is 15.9 Å². The Labute approximate surface area is 166 Å². The molecule has 1 aliphatic rings. The number of halogens is 1. The van der Waals surface area contributed by atoms with Gasteiger partial charge in [0, 0.05) is 22.6 Å². The number of amides is 1. The van der Waals surface area contributed by atoms with Gasteiger partial charge in [0.25, 0.3) is 0 Å². The molecule has 1 N–H and O–H groups in total. The zero-order valence-electron chi connectivity index (χ0n) is 14.6. The number of ether oxygens (including phenoxy) is 2. The van der Waals surface area contributed by atoms with E-state index in [1.165, 1.54) is 0 Å². The Hall–Kier alpha value is -2.26. The van der Waals surface area contributed by atoms with Gasteiger partial charge >= 0.3 is 0 Å². The van der Waals surface area contributed by atoms with Crippen molar-refractivity contribution in [3.8, 4) is 11.5 Å². The van der Waals surface area contributed by atoms with Crippen molar-refractivity contribution in [1.82, 2.24) is 0 Å². The van der Waals surface area contributed by atoms with Crippen LogP contribution in [-0.2, 0) is 14.8 Å². The van der Waals surface area contributed by atoms with Crippen LogP contribution in [0.2, 0.25) is 0 Å². The second kappa shape index (κ2) is 8.18. The number of anilines is 2. The second-order valence-electron chi connectivity index (χ2n) is 5.98. The van der Waals surface area contributed by atoms with Crippen molar-refractivity contribution >= 4 is 43.2 Å². The van der Waals surface area contributed by atoms with E-state index in [4.69, 9.17) is 9.47 Å². The largest absolute Gasteiger partial charge is 0.490 e. The third-order valence-electron chi connectivity index (χ3n) is 3.84. The summed E-state index contributed by atoms with van der Waals surface area (Å²) in [5.74, 6) is 0.707. The van der Waals surface area contributed by atoms with Gasteiger partial charge in [-0.05, 0) is 40.2 Å². The molecule has 0 saturated heterocycles. The third kappa shape index (κ3) is 4.92. The van der Waals surface area contributed by atoms with Crippen LogP contribution in [0, 0.1) is 0 Å². The van der Waals surface area contributed by atoms with Gasteiger partial charge in [-0.25, -0.2) is 8.42 Å². The first-order valence-corrected chi connectivity index (χ1v) is 10.9. The van der Waals surface area contributed by atoms with E-state index in [1.54, 1.807) is 42.5 Å². The third-order valence-corrected chi connectivity index (χ3v) is 5.64. The van der Waals surface area contributed by atoms with Gasteiger partial charge in [0.15, 0.2) is 11.5 Å². The van der Waals surface area contributed by atoms with Crippen molar-refractivity contribution in [2.45, 2.75) is 6.42 Å². The fourth-order valence-corrected chi connectivity index (χ4v) is 4.09. The molecule has 0 aromatic heterocycles. The molecule has 3 rings (SSSR count).